The van der Waals surface area contributed by atoms with Gasteiger partial charge in [0.15, 0.2) is 0 Å². The monoisotopic (exact) mass is 310 g/mol. The van der Waals surface area contributed by atoms with E-state index in [9.17, 15) is 23.1 Å². The average Bonchev–Trinajstić information content (AvgIpc) is 2.37. The first kappa shape index (κ1) is 18.2. The van der Waals surface area contributed by atoms with Gasteiger partial charge in [-0.3, -0.25) is 9.69 Å². The summed E-state index contributed by atoms with van der Waals surface area (Å²) in [6, 6.07) is -0.338. The molecule has 1 saturated carbocycles. The fraction of sp³-hybridized carbons (Fsp3) is 0.929. The second kappa shape index (κ2) is 7.45. The Morgan fingerprint density at radius 1 is 1.43 bits per heavy atom. The lowest BCUT2D eigenvalue weighted by molar-refractivity contribution is -0.157. The van der Waals surface area contributed by atoms with Gasteiger partial charge in [-0.05, 0) is 45.2 Å². The minimum absolute atomic E-state index is 0.228. The Morgan fingerprint density at radius 3 is 2.57 bits per heavy atom. The fourth-order valence-electron chi connectivity index (χ4n) is 3.23. The first-order valence-corrected chi connectivity index (χ1v) is 7.53. The summed E-state index contributed by atoms with van der Waals surface area (Å²) in [5.41, 5.74) is -1.09. The van der Waals surface area contributed by atoms with Crippen molar-refractivity contribution in [2.24, 2.45) is 0 Å². The zero-order chi connectivity index (χ0) is 16.1. The molecule has 0 aromatic rings. The van der Waals surface area contributed by atoms with Crippen LogP contribution in [0.5, 0.6) is 0 Å². The first-order valence-electron chi connectivity index (χ1n) is 7.53. The van der Waals surface area contributed by atoms with Gasteiger partial charge in [0.25, 0.3) is 0 Å². The predicted molar refractivity (Wildman–Crippen MR) is 74.2 cm³/mol. The Kier molecular flexibility index (Phi) is 6.46. The SMILES string of the molecule is CCCN(CC(F)(F)F)C1CCCC(NCC)(C(=O)O)C1. The lowest BCUT2D eigenvalue weighted by Gasteiger charge is -2.43. The topological polar surface area (TPSA) is 52.6 Å². The van der Waals surface area contributed by atoms with E-state index in [1.807, 2.05) is 13.8 Å². The molecule has 7 heteroatoms. The largest absolute Gasteiger partial charge is 0.480 e. The smallest absolute Gasteiger partial charge is 0.401 e. The van der Waals surface area contributed by atoms with E-state index in [-0.39, 0.29) is 12.5 Å². The molecule has 1 fully saturated rings. The molecule has 0 amide bonds. The Bertz CT molecular complexity index is 346. The number of carboxylic acids is 1. The van der Waals surface area contributed by atoms with E-state index in [4.69, 9.17) is 0 Å². The molecule has 0 radical (unpaired) electrons. The van der Waals surface area contributed by atoms with Gasteiger partial charge < -0.3 is 10.4 Å². The molecule has 2 atom stereocenters. The predicted octanol–water partition coefficient (Wildman–Crippen LogP) is 2.64. The van der Waals surface area contributed by atoms with Crippen molar-refractivity contribution in [1.29, 1.82) is 0 Å². The highest BCUT2D eigenvalue weighted by Crippen LogP contribution is 2.33. The van der Waals surface area contributed by atoms with Crippen molar-refractivity contribution < 1.29 is 23.1 Å². The quantitative estimate of drug-likeness (QED) is 0.759. The lowest BCUT2D eigenvalue weighted by atomic mass is 9.78. The molecule has 124 valence electrons. The molecular weight excluding hydrogens is 285 g/mol. The van der Waals surface area contributed by atoms with Crippen LogP contribution in [0.25, 0.3) is 0 Å². The highest BCUT2D eigenvalue weighted by atomic mass is 19.4. The molecule has 0 aromatic heterocycles. The zero-order valence-electron chi connectivity index (χ0n) is 12.7. The Labute approximate surface area is 123 Å². The van der Waals surface area contributed by atoms with Crippen LogP contribution < -0.4 is 5.32 Å². The zero-order valence-corrected chi connectivity index (χ0v) is 12.7. The second-order valence-electron chi connectivity index (χ2n) is 5.75. The maximum atomic E-state index is 12.7. The van der Waals surface area contributed by atoms with Crippen LogP contribution in [0.1, 0.15) is 46.0 Å². The summed E-state index contributed by atoms with van der Waals surface area (Å²) in [4.78, 5) is 13.0. The van der Waals surface area contributed by atoms with Crippen molar-refractivity contribution >= 4 is 5.97 Å². The van der Waals surface area contributed by atoms with Crippen molar-refractivity contribution in [3.63, 3.8) is 0 Å². The number of hydrogen-bond acceptors (Lipinski definition) is 3. The number of carboxylic acid groups (broad SMARTS) is 1. The maximum absolute atomic E-state index is 12.7. The van der Waals surface area contributed by atoms with Crippen molar-refractivity contribution in [2.75, 3.05) is 19.6 Å². The number of nitrogens with zero attached hydrogens (tertiary/aromatic N) is 1. The van der Waals surface area contributed by atoms with Crippen LogP contribution >= 0.6 is 0 Å². The first-order chi connectivity index (χ1) is 9.74. The Hall–Kier alpha value is -0.820. The minimum Gasteiger partial charge on any atom is -0.480 e. The molecule has 1 aliphatic carbocycles. The summed E-state index contributed by atoms with van der Waals surface area (Å²) >= 11 is 0. The van der Waals surface area contributed by atoms with Crippen LogP contribution in [-0.4, -0.2) is 53.4 Å². The van der Waals surface area contributed by atoms with Gasteiger partial charge >= 0.3 is 12.1 Å². The van der Waals surface area contributed by atoms with Crippen molar-refractivity contribution in [2.45, 2.75) is 63.7 Å². The van der Waals surface area contributed by atoms with E-state index in [2.05, 4.69) is 5.32 Å². The number of hydrogen-bond donors (Lipinski definition) is 2. The molecule has 0 heterocycles. The standard InChI is InChI=1S/C14H25F3N2O2/c1-3-8-19(10-14(15,16)17)11-6-5-7-13(9-11,12(20)21)18-4-2/h11,18H,3-10H2,1-2H3,(H,20,21). The van der Waals surface area contributed by atoms with E-state index in [1.54, 1.807) is 0 Å². The van der Waals surface area contributed by atoms with Gasteiger partial charge in [-0.15, -0.1) is 0 Å². The van der Waals surface area contributed by atoms with Gasteiger partial charge in [0, 0.05) is 6.04 Å². The van der Waals surface area contributed by atoms with Crippen LogP contribution in [0.2, 0.25) is 0 Å². The third-order valence-corrected chi connectivity index (χ3v) is 4.06. The number of alkyl halides is 3. The molecule has 1 rings (SSSR count). The highest BCUT2D eigenvalue weighted by molar-refractivity contribution is 5.79. The van der Waals surface area contributed by atoms with Crippen molar-refractivity contribution in [1.82, 2.24) is 10.2 Å². The lowest BCUT2D eigenvalue weighted by Crippen LogP contribution is -2.59. The van der Waals surface area contributed by atoms with Crippen molar-refractivity contribution in [3.05, 3.63) is 0 Å². The third-order valence-electron chi connectivity index (χ3n) is 4.06. The second-order valence-corrected chi connectivity index (χ2v) is 5.75. The molecule has 2 unspecified atom stereocenters. The van der Waals surface area contributed by atoms with E-state index >= 15 is 0 Å². The molecule has 1 aliphatic rings. The van der Waals surface area contributed by atoms with E-state index in [0.717, 1.165) is 0 Å². The van der Waals surface area contributed by atoms with Crippen molar-refractivity contribution in [3.8, 4) is 0 Å². The number of aliphatic carboxylic acids is 1. The third kappa shape index (κ3) is 5.14. The van der Waals surface area contributed by atoms with Gasteiger partial charge in [-0.1, -0.05) is 13.8 Å². The van der Waals surface area contributed by atoms with Gasteiger partial charge in [-0.25, -0.2) is 0 Å². The van der Waals surface area contributed by atoms with Gasteiger partial charge in [-0.2, -0.15) is 13.2 Å². The molecule has 0 saturated heterocycles. The average molecular weight is 310 g/mol. The van der Waals surface area contributed by atoms with Crippen LogP contribution in [0.15, 0.2) is 0 Å². The van der Waals surface area contributed by atoms with Crippen LogP contribution in [0.4, 0.5) is 13.2 Å². The Balaban J connectivity index is 2.86. The van der Waals surface area contributed by atoms with Gasteiger partial charge in [0.05, 0.1) is 6.54 Å². The number of nitrogens with one attached hydrogen (secondary N) is 1. The molecule has 2 N–H and O–H groups in total. The summed E-state index contributed by atoms with van der Waals surface area (Å²) in [5, 5.41) is 12.5. The molecule has 4 nitrogen and oxygen atoms in total. The molecular formula is C14H25F3N2O2. The number of likely N-dealkylation sites (N-methyl/N-ethyl adjacent to an activating group) is 1. The Morgan fingerprint density at radius 2 is 2.10 bits per heavy atom. The minimum atomic E-state index is -4.25. The molecule has 0 aliphatic heterocycles. The van der Waals surface area contributed by atoms with E-state index in [1.165, 1.54) is 4.90 Å². The summed E-state index contributed by atoms with van der Waals surface area (Å²) in [6.45, 7) is 3.51. The summed E-state index contributed by atoms with van der Waals surface area (Å²) in [5.74, 6) is -0.961. The summed E-state index contributed by atoms with van der Waals surface area (Å²) < 4.78 is 38.1. The number of carbonyl (C=O) groups is 1. The summed E-state index contributed by atoms with van der Waals surface area (Å²) in [7, 11) is 0. The molecule has 0 bridgehead atoms. The normalized spacial score (nSPS) is 27.0. The van der Waals surface area contributed by atoms with Gasteiger partial charge in [0.1, 0.15) is 5.54 Å². The number of halogens is 3. The fourth-order valence-corrected chi connectivity index (χ4v) is 3.23. The summed E-state index contributed by atoms with van der Waals surface area (Å²) in [6.07, 6.45) is -1.69. The molecule has 0 aromatic carbocycles. The van der Waals surface area contributed by atoms with Gasteiger partial charge in [0.2, 0.25) is 0 Å². The highest BCUT2D eigenvalue weighted by Gasteiger charge is 2.45. The van der Waals surface area contributed by atoms with Crippen LogP contribution in [-0.2, 0) is 4.79 Å². The van der Waals surface area contributed by atoms with Crippen LogP contribution in [0.3, 0.4) is 0 Å². The van der Waals surface area contributed by atoms with E-state index in [0.29, 0.717) is 38.8 Å². The van der Waals surface area contributed by atoms with Crippen LogP contribution in [0, 0.1) is 0 Å². The maximum Gasteiger partial charge on any atom is 0.401 e. The molecule has 21 heavy (non-hydrogen) atoms. The van der Waals surface area contributed by atoms with E-state index < -0.39 is 24.2 Å². The number of rotatable bonds is 7. The molecule has 0 spiro atoms.